The lowest BCUT2D eigenvalue weighted by Crippen LogP contribution is -2.40. The van der Waals surface area contributed by atoms with Crippen LogP contribution in [0, 0.1) is 11.8 Å². The summed E-state index contributed by atoms with van der Waals surface area (Å²) in [4.78, 5) is 0. The van der Waals surface area contributed by atoms with Crippen molar-refractivity contribution in [1.82, 2.24) is 5.32 Å². The van der Waals surface area contributed by atoms with Crippen molar-refractivity contribution in [2.24, 2.45) is 11.8 Å². The Balaban J connectivity index is 2.17. The van der Waals surface area contributed by atoms with Gasteiger partial charge in [0.05, 0.1) is 6.61 Å². The van der Waals surface area contributed by atoms with E-state index in [2.05, 4.69) is 37.8 Å². The van der Waals surface area contributed by atoms with E-state index in [4.69, 9.17) is 4.74 Å². The molecule has 2 unspecified atom stereocenters. The number of rotatable bonds is 7. The second-order valence-electron chi connectivity index (χ2n) is 4.65. The van der Waals surface area contributed by atoms with Crippen LogP contribution in [0.5, 0.6) is 0 Å². The molecule has 1 saturated heterocycles. The fourth-order valence-electron chi connectivity index (χ4n) is 1.79. The molecule has 1 N–H and O–H groups in total. The summed E-state index contributed by atoms with van der Waals surface area (Å²) in [5.74, 6) is 4.24. The molecule has 1 aliphatic heterocycles. The Morgan fingerprint density at radius 2 is 2.27 bits per heavy atom. The Labute approximate surface area is 98.5 Å². The number of hydrogen-bond acceptors (Lipinski definition) is 3. The van der Waals surface area contributed by atoms with Crippen LogP contribution in [-0.4, -0.2) is 37.3 Å². The summed E-state index contributed by atoms with van der Waals surface area (Å²) < 4.78 is 5.50. The third kappa shape index (κ3) is 5.23. The number of thioether (sulfide) groups is 1. The highest BCUT2D eigenvalue weighted by atomic mass is 32.2. The Morgan fingerprint density at radius 1 is 1.47 bits per heavy atom. The molecule has 2 nitrogen and oxygen atoms in total. The summed E-state index contributed by atoms with van der Waals surface area (Å²) >= 11 is 2.09. The van der Waals surface area contributed by atoms with Gasteiger partial charge in [-0.15, -0.1) is 0 Å². The molecule has 0 saturated carbocycles. The Hall–Kier alpha value is 0.270. The van der Waals surface area contributed by atoms with Gasteiger partial charge in [0.1, 0.15) is 0 Å². The van der Waals surface area contributed by atoms with Crippen molar-refractivity contribution in [1.29, 1.82) is 0 Å². The molecular weight excluding hydrogens is 206 g/mol. The lowest BCUT2D eigenvalue weighted by atomic mass is 10.0. The van der Waals surface area contributed by atoms with Gasteiger partial charge in [0, 0.05) is 12.6 Å². The van der Waals surface area contributed by atoms with Crippen LogP contribution in [0.2, 0.25) is 0 Å². The summed E-state index contributed by atoms with van der Waals surface area (Å²) in [7, 11) is 0. The molecule has 0 bridgehead atoms. The van der Waals surface area contributed by atoms with Gasteiger partial charge in [-0.3, -0.25) is 0 Å². The van der Waals surface area contributed by atoms with Crippen molar-refractivity contribution in [2.75, 3.05) is 31.3 Å². The van der Waals surface area contributed by atoms with Gasteiger partial charge < -0.3 is 10.1 Å². The lowest BCUT2D eigenvalue weighted by Gasteiger charge is -2.23. The van der Waals surface area contributed by atoms with Gasteiger partial charge in [-0.25, -0.2) is 0 Å². The quantitative estimate of drug-likeness (QED) is 0.727. The monoisotopic (exact) mass is 231 g/mol. The largest absolute Gasteiger partial charge is 0.380 e. The van der Waals surface area contributed by atoms with Crippen molar-refractivity contribution < 1.29 is 4.74 Å². The molecule has 15 heavy (non-hydrogen) atoms. The van der Waals surface area contributed by atoms with E-state index >= 15 is 0 Å². The minimum atomic E-state index is 0.524. The minimum absolute atomic E-state index is 0.524. The third-order valence-electron chi connectivity index (χ3n) is 3.00. The first-order valence-electron chi connectivity index (χ1n) is 6.13. The maximum absolute atomic E-state index is 5.50. The van der Waals surface area contributed by atoms with Gasteiger partial charge in [-0.05, 0) is 43.2 Å². The second-order valence-corrected chi connectivity index (χ2v) is 5.80. The van der Waals surface area contributed by atoms with E-state index in [0.29, 0.717) is 12.0 Å². The highest BCUT2D eigenvalue weighted by Crippen LogP contribution is 2.22. The van der Waals surface area contributed by atoms with E-state index in [1.807, 2.05) is 0 Å². The van der Waals surface area contributed by atoms with Gasteiger partial charge in [0.25, 0.3) is 0 Å². The SMILES string of the molecule is CCOCC(NCC1CCSC1)C(C)C. The predicted molar refractivity (Wildman–Crippen MR) is 68.6 cm³/mol. The average molecular weight is 231 g/mol. The first kappa shape index (κ1) is 13.3. The lowest BCUT2D eigenvalue weighted by molar-refractivity contribution is 0.107. The van der Waals surface area contributed by atoms with Gasteiger partial charge in [0.2, 0.25) is 0 Å². The van der Waals surface area contributed by atoms with Crippen molar-refractivity contribution in [2.45, 2.75) is 33.2 Å². The molecule has 3 heteroatoms. The minimum Gasteiger partial charge on any atom is -0.380 e. The molecule has 2 atom stereocenters. The Bertz CT molecular complexity index is 158. The summed E-state index contributed by atoms with van der Waals surface area (Å²) in [6.45, 7) is 9.44. The Morgan fingerprint density at radius 3 is 2.80 bits per heavy atom. The van der Waals surface area contributed by atoms with Gasteiger partial charge in [0.15, 0.2) is 0 Å². The molecule has 0 aromatic carbocycles. The number of hydrogen-bond donors (Lipinski definition) is 1. The van der Waals surface area contributed by atoms with Crippen LogP contribution >= 0.6 is 11.8 Å². The molecule has 1 heterocycles. The van der Waals surface area contributed by atoms with Crippen LogP contribution in [-0.2, 0) is 4.74 Å². The van der Waals surface area contributed by atoms with E-state index < -0.39 is 0 Å². The van der Waals surface area contributed by atoms with Crippen molar-refractivity contribution in [3.8, 4) is 0 Å². The predicted octanol–water partition coefficient (Wildman–Crippen LogP) is 2.39. The van der Waals surface area contributed by atoms with Crippen LogP contribution in [0.4, 0.5) is 0 Å². The summed E-state index contributed by atoms with van der Waals surface area (Å²) in [5.41, 5.74) is 0. The fraction of sp³-hybridized carbons (Fsp3) is 1.00. The van der Waals surface area contributed by atoms with Gasteiger partial charge in [-0.2, -0.15) is 11.8 Å². The summed E-state index contributed by atoms with van der Waals surface area (Å²) in [6, 6.07) is 0.524. The zero-order chi connectivity index (χ0) is 11.1. The zero-order valence-corrected chi connectivity index (χ0v) is 11.1. The summed E-state index contributed by atoms with van der Waals surface area (Å²) in [6.07, 6.45) is 1.39. The highest BCUT2D eigenvalue weighted by molar-refractivity contribution is 7.99. The first-order valence-corrected chi connectivity index (χ1v) is 7.28. The average Bonchev–Trinajstić information content (AvgIpc) is 2.70. The number of nitrogens with one attached hydrogen (secondary N) is 1. The molecule has 0 radical (unpaired) electrons. The van der Waals surface area contributed by atoms with E-state index in [-0.39, 0.29) is 0 Å². The van der Waals surface area contributed by atoms with Crippen molar-refractivity contribution >= 4 is 11.8 Å². The third-order valence-corrected chi connectivity index (χ3v) is 4.23. The maximum Gasteiger partial charge on any atom is 0.0621 e. The molecule has 1 aliphatic rings. The number of ether oxygens (including phenoxy) is 1. The molecular formula is C12H25NOS. The van der Waals surface area contributed by atoms with E-state index in [1.165, 1.54) is 24.5 Å². The molecule has 0 amide bonds. The van der Waals surface area contributed by atoms with Gasteiger partial charge in [-0.1, -0.05) is 13.8 Å². The Kier molecular flexibility index (Phi) is 6.69. The second kappa shape index (κ2) is 7.53. The molecule has 0 aliphatic carbocycles. The smallest absolute Gasteiger partial charge is 0.0621 e. The van der Waals surface area contributed by atoms with Gasteiger partial charge >= 0.3 is 0 Å². The summed E-state index contributed by atoms with van der Waals surface area (Å²) in [5, 5.41) is 3.66. The van der Waals surface area contributed by atoms with Crippen LogP contribution in [0.25, 0.3) is 0 Å². The fourth-order valence-corrected chi connectivity index (χ4v) is 3.08. The standard InChI is InChI=1S/C12H25NOS/c1-4-14-8-12(10(2)3)13-7-11-5-6-15-9-11/h10-13H,4-9H2,1-3H3. The first-order chi connectivity index (χ1) is 7.24. The molecule has 0 aromatic heterocycles. The molecule has 0 spiro atoms. The zero-order valence-electron chi connectivity index (χ0n) is 10.3. The van der Waals surface area contributed by atoms with Crippen LogP contribution in [0.15, 0.2) is 0 Å². The van der Waals surface area contributed by atoms with Crippen LogP contribution < -0.4 is 5.32 Å². The van der Waals surface area contributed by atoms with E-state index in [9.17, 15) is 0 Å². The highest BCUT2D eigenvalue weighted by Gasteiger charge is 2.18. The van der Waals surface area contributed by atoms with Crippen LogP contribution in [0.1, 0.15) is 27.2 Å². The van der Waals surface area contributed by atoms with E-state index in [1.54, 1.807) is 0 Å². The molecule has 1 rings (SSSR count). The molecule has 1 fully saturated rings. The maximum atomic E-state index is 5.50. The van der Waals surface area contributed by atoms with Crippen molar-refractivity contribution in [3.63, 3.8) is 0 Å². The van der Waals surface area contributed by atoms with Crippen LogP contribution in [0.3, 0.4) is 0 Å². The topological polar surface area (TPSA) is 21.3 Å². The molecule has 0 aromatic rings. The van der Waals surface area contributed by atoms with Crippen molar-refractivity contribution in [3.05, 3.63) is 0 Å². The normalized spacial score (nSPS) is 23.6. The van der Waals surface area contributed by atoms with E-state index in [0.717, 1.165) is 19.1 Å². The molecule has 90 valence electrons.